The molecular weight excluding hydrogens is 284 g/mol. The van der Waals surface area contributed by atoms with Crippen LogP contribution in [0.3, 0.4) is 0 Å². The molecule has 0 saturated carbocycles. The van der Waals surface area contributed by atoms with E-state index in [9.17, 15) is 0 Å². The molecule has 0 saturated heterocycles. The van der Waals surface area contributed by atoms with Crippen LogP contribution in [0.1, 0.15) is 0 Å². The fourth-order valence-electron chi connectivity index (χ4n) is 2.16. The Kier molecular flexibility index (Phi) is 2.65. The average Bonchev–Trinajstić information content (AvgIpc) is 3.15. The minimum Gasteiger partial charge on any atom is -0.366 e. The molecular formula is C14H10N6S. The van der Waals surface area contributed by atoms with E-state index >= 15 is 0 Å². The van der Waals surface area contributed by atoms with Crippen molar-refractivity contribution in [2.24, 2.45) is 0 Å². The molecule has 4 rings (SSSR count). The lowest BCUT2D eigenvalue weighted by Crippen LogP contribution is -2.02. The van der Waals surface area contributed by atoms with Gasteiger partial charge in [0.15, 0.2) is 11.5 Å². The third kappa shape index (κ3) is 1.95. The van der Waals surface area contributed by atoms with Crippen LogP contribution in [-0.2, 0) is 0 Å². The Labute approximate surface area is 123 Å². The summed E-state index contributed by atoms with van der Waals surface area (Å²) in [6, 6.07) is 13.7. The van der Waals surface area contributed by atoms with Gasteiger partial charge < -0.3 is 5.73 Å². The predicted octanol–water partition coefficient (Wildman–Crippen LogP) is 2.50. The zero-order valence-electron chi connectivity index (χ0n) is 10.8. The predicted molar refractivity (Wildman–Crippen MR) is 81.7 cm³/mol. The Bertz CT molecular complexity index is 898. The van der Waals surface area contributed by atoms with Crippen LogP contribution in [0, 0.1) is 0 Å². The third-order valence-corrected chi connectivity index (χ3v) is 3.94. The monoisotopic (exact) mass is 294 g/mol. The van der Waals surface area contributed by atoms with Crippen molar-refractivity contribution in [2.45, 2.75) is 0 Å². The number of thiophene rings is 1. The number of fused-ring (bicyclic) bond motifs is 1. The third-order valence-electron chi connectivity index (χ3n) is 3.07. The van der Waals surface area contributed by atoms with E-state index in [1.54, 1.807) is 15.9 Å². The van der Waals surface area contributed by atoms with Crippen molar-refractivity contribution in [3.8, 4) is 22.0 Å². The van der Waals surface area contributed by atoms with Gasteiger partial charge in [0.05, 0.1) is 4.88 Å². The van der Waals surface area contributed by atoms with Crippen LogP contribution in [0.15, 0.2) is 47.8 Å². The molecule has 7 heteroatoms. The fourth-order valence-corrected chi connectivity index (χ4v) is 2.85. The lowest BCUT2D eigenvalue weighted by Gasteiger charge is -2.04. The number of hydrogen-bond donors (Lipinski definition) is 1. The topological polar surface area (TPSA) is 82.0 Å². The van der Waals surface area contributed by atoms with E-state index in [2.05, 4.69) is 20.3 Å². The lowest BCUT2D eigenvalue weighted by atomic mass is 10.1. The highest BCUT2D eigenvalue weighted by Crippen LogP contribution is 2.27. The Morgan fingerprint density at radius 1 is 1.00 bits per heavy atom. The summed E-state index contributed by atoms with van der Waals surface area (Å²) in [4.78, 5) is 5.26. The molecule has 21 heavy (non-hydrogen) atoms. The number of hydrogen-bond acceptors (Lipinski definition) is 6. The standard InChI is InChI=1S/C14H10N6S/c15-14-16-13-11(9-5-2-1-3-6-9)17-18-12(20(13)19-14)10-7-4-8-21-10/h1-8H,(H2,15,19). The van der Waals surface area contributed by atoms with Gasteiger partial charge in [0.2, 0.25) is 5.95 Å². The van der Waals surface area contributed by atoms with Gasteiger partial charge in [-0.1, -0.05) is 36.4 Å². The van der Waals surface area contributed by atoms with E-state index in [1.165, 1.54) is 0 Å². The maximum atomic E-state index is 5.76. The van der Waals surface area contributed by atoms with Crippen molar-refractivity contribution in [3.63, 3.8) is 0 Å². The van der Waals surface area contributed by atoms with Crippen LogP contribution in [-0.4, -0.2) is 24.8 Å². The summed E-state index contributed by atoms with van der Waals surface area (Å²) in [5, 5.41) is 14.9. The van der Waals surface area contributed by atoms with Gasteiger partial charge in [0, 0.05) is 5.56 Å². The Morgan fingerprint density at radius 2 is 1.86 bits per heavy atom. The average molecular weight is 294 g/mol. The number of rotatable bonds is 2. The van der Waals surface area contributed by atoms with Crippen molar-refractivity contribution in [1.29, 1.82) is 0 Å². The minimum atomic E-state index is 0.208. The first-order valence-corrected chi connectivity index (χ1v) is 7.19. The fraction of sp³-hybridized carbons (Fsp3) is 0. The summed E-state index contributed by atoms with van der Waals surface area (Å²) in [5.74, 6) is 0.851. The molecule has 2 N–H and O–H groups in total. The molecule has 0 atom stereocenters. The number of nitrogens with two attached hydrogens (primary N) is 1. The molecule has 0 unspecified atom stereocenters. The molecule has 0 bridgehead atoms. The van der Waals surface area contributed by atoms with Crippen LogP contribution in [0.25, 0.3) is 27.6 Å². The molecule has 3 aromatic heterocycles. The molecule has 0 aliphatic carbocycles. The molecule has 3 heterocycles. The SMILES string of the molecule is Nc1nc2c(-c3ccccc3)nnc(-c3cccs3)n2n1. The van der Waals surface area contributed by atoms with Gasteiger partial charge in [-0.05, 0) is 11.4 Å². The van der Waals surface area contributed by atoms with Crippen LogP contribution >= 0.6 is 11.3 Å². The molecule has 102 valence electrons. The van der Waals surface area contributed by atoms with E-state index in [1.807, 2.05) is 47.8 Å². The second-order valence-corrected chi connectivity index (χ2v) is 5.37. The van der Waals surface area contributed by atoms with Gasteiger partial charge in [-0.2, -0.15) is 9.50 Å². The second kappa shape index (κ2) is 4.64. The van der Waals surface area contributed by atoms with E-state index in [4.69, 9.17) is 5.73 Å². The number of aromatic nitrogens is 5. The van der Waals surface area contributed by atoms with Crippen molar-refractivity contribution in [2.75, 3.05) is 5.73 Å². The largest absolute Gasteiger partial charge is 0.366 e. The lowest BCUT2D eigenvalue weighted by molar-refractivity contribution is 0.887. The van der Waals surface area contributed by atoms with Gasteiger partial charge in [-0.3, -0.25) is 0 Å². The number of nitrogens with zero attached hydrogens (tertiary/aromatic N) is 5. The summed E-state index contributed by atoms with van der Waals surface area (Å²) in [6.07, 6.45) is 0. The van der Waals surface area contributed by atoms with Crippen LogP contribution in [0.4, 0.5) is 5.95 Å². The highest BCUT2D eigenvalue weighted by Gasteiger charge is 2.16. The minimum absolute atomic E-state index is 0.208. The number of benzene rings is 1. The Hall–Kier alpha value is -2.80. The molecule has 4 aromatic rings. The number of anilines is 1. The summed E-state index contributed by atoms with van der Waals surface area (Å²) in [5.41, 5.74) is 7.97. The van der Waals surface area contributed by atoms with Crippen molar-refractivity contribution in [3.05, 3.63) is 47.8 Å². The molecule has 1 aromatic carbocycles. The summed E-state index contributed by atoms with van der Waals surface area (Å²) in [7, 11) is 0. The molecule has 0 aliphatic rings. The highest BCUT2D eigenvalue weighted by molar-refractivity contribution is 7.13. The first-order chi connectivity index (χ1) is 10.3. The van der Waals surface area contributed by atoms with Gasteiger partial charge in [0.1, 0.15) is 5.69 Å². The molecule has 6 nitrogen and oxygen atoms in total. The quantitative estimate of drug-likeness (QED) is 0.614. The molecule has 0 fully saturated rings. The first kappa shape index (κ1) is 12.0. The normalized spacial score (nSPS) is 11.0. The zero-order valence-corrected chi connectivity index (χ0v) is 11.7. The molecule has 0 aliphatic heterocycles. The first-order valence-electron chi connectivity index (χ1n) is 6.31. The molecule has 0 radical (unpaired) electrons. The van der Waals surface area contributed by atoms with Crippen molar-refractivity contribution in [1.82, 2.24) is 24.8 Å². The maximum absolute atomic E-state index is 5.76. The van der Waals surface area contributed by atoms with E-state index in [-0.39, 0.29) is 5.95 Å². The van der Waals surface area contributed by atoms with Gasteiger partial charge in [-0.15, -0.1) is 26.6 Å². The van der Waals surface area contributed by atoms with E-state index in [0.717, 1.165) is 10.4 Å². The van der Waals surface area contributed by atoms with Gasteiger partial charge in [-0.25, -0.2) is 0 Å². The Morgan fingerprint density at radius 3 is 2.62 bits per heavy atom. The summed E-state index contributed by atoms with van der Waals surface area (Å²) in [6.45, 7) is 0. The summed E-state index contributed by atoms with van der Waals surface area (Å²) >= 11 is 1.57. The zero-order chi connectivity index (χ0) is 14.2. The van der Waals surface area contributed by atoms with Gasteiger partial charge >= 0.3 is 0 Å². The molecule has 0 amide bonds. The van der Waals surface area contributed by atoms with Crippen LogP contribution in [0.5, 0.6) is 0 Å². The van der Waals surface area contributed by atoms with Gasteiger partial charge in [0.25, 0.3) is 0 Å². The Balaban J connectivity index is 2.02. The van der Waals surface area contributed by atoms with E-state index in [0.29, 0.717) is 17.2 Å². The maximum Gasteiger partial charge on any atom is 0.240 e. The highest BCUT2D eigenvalue weighted by atomic mass is 32.1. The molecule has 0 spiro atoms. The van der Waals surface area contributed by atoms with Crippen LogP contribution < -0.4 is 5.73 Å². The van der Waals surface area contributed by atoms with Crippen LogP contribution in [0.2, 0.25) is 0 Å². The van der Waals surface area contributed by atoms with Crippen molar-refractivity contribution >= 4 is 22.9 Å². The van der Waals surface area contributed by atoms with E-state index < -0.39 is 0 Å². The van der Waals surface area contributed by atoms with Crippen molar-refractivity contribution < 1.29 is 0 Å². The second-order valence-electron chi connectivity index (χ2n) is 4.42. The smallest absolute Gasteiger partial charge is 0.240 e. The summed E-state index contributed by atoms with van der Waals surface area (Å²) < 4.78 is 1.65. The number of nitrogen functional groups attached to an aromatic ring is 1.